The molecule has 0 spiro atoms. The van der Waals surface area contributed by atoms with Crippen LogP contribution < -0.4 is 10.2 Å². The number of hydrogen-bond acceptors (Lipinski definition) is 2. The maximum absolute atomic E-state index is 6.36. The first-order valence-corrected chi connectivity index (χ1v) is 8.58. The minimum absolute atomic E-state index is 0.593. The van der Waals surface area contributed by atoms with Crippen molar-refractivity contribution in [1.29, 1.82) is 0 Å². The Morgan fingerprint density at radius 3 is 2.52 bits per heavy atom. The van der Waals surface area contributed by atoms with E-state index in [-0.39, 0.29) is 0 Å². The van der Waals surface area contributed by atoms with Gasteiger partial charge in [-0.15, -0.1) is 0 Å². The molecule has 0 saturated heterocycles. The van der Waals surface area contributed by atoms with Crippen molar-refractivity contribution in [2.45, 2.75) is 52.0 Å². The highest BCUT2D eigenvalue weighted by Gasteiger charge is 2.21. The van der Waals surface area contributed by atoms with Crippen molar-refractivity contribution in [3.05, 3.63) is 23.2 Å². The third-order valence-corrected chi connectivity index (χ3v) is 5.06. The van der Waals surface area contributed by atoms with Gasteiger partial charge in [0.1, 0.15) is 0 Å². The van der Waals surface area contributed by atoms with Gasteiger partial charge in [-0.2, -0.15) is 0 Å². The summed E-state index contributed by atoms with van der Waals surface area (Å²) < 4.78 is 0. The fraction of sp³-hybridized carbons (Fsp3) is 0.667. The lowest BCUT2D eigenvalue weighted by atomic mass is 9.89. The minimum Gasteiger partial charge on any atom is -0.382 e. The SMILES string of the molecule is CC(C)C1CCCC(Nc2ccc(N(C)C)c(Cl)c2)CC1. The fourth-order valence-electron chi connectivity index (χ4n) is 3.34. The lowest BCUT2D eigenvalue weighted by Crippen LogP contribution is -2.19. The summed E-state index contributed by atoms with van der Waals surface area (Å²) in [6, 6.07) is 6.89. The molecule has 1 aliphatic rings. The molecule has 2 rings (SSSR count). The Balaban J connectivity index is 1.97. The van der Waals surface area contributed by atoms with Gasteiger partial charge < -0.3 is 10.2 Å². The van der Waals surface area contributed by atoms with Crippen LogP contribution in [0.1, 0.15) is 46.0 Å². The molecule has 21 heavy (non-hydrogen) atoms. The molecule has 2 unspecified atom stereocenters. The Labute approximate surface area is 134 Å². The first kappa shape index (κ1) is 16.5. The second kappa shape index (κ2) is 7.40. The average Bonchev–Trinajstić information content (AvgIpc) is 2.64. The van der Waals surface area contributed by atoms with Crippen LogP contribution in [0.15, 0.2) is 18.2 Å². The second-order valence-electron chi connectivity index (χ2n) is 6.91. The Morgan fingerprint density at radius 2 is 1.90 bits per heavy atom. The van der Waals surface area contributed by atoms with Crippen LogP contribution >= 0.6 is 11.6 Å². The van der Waals surface area contributed by atoms with Crippen molar-refractivity contribution in [2.75, 3.05) is 24.3 Å². The van der Waals surface area contributed by atoms with Crippen LogP contribution in [0.25, 0.3) is 0 Å². The summed E-state index contributed by atoms with van der Waals surface area (Å²) in [5.74, 6) is 1.72. The summed E-state index contributed by atoms with van der Waals surface area (Å²) in [5.41, 5.74) is 2.22. The van der Waals surface area contributed by atoms with Gasteiger partial charge in [0.05, 0.1) is 10.7 Å². The van der Waals surface area contributed by atoms with Crippen LogP contribution in [0, 0.1) is 11.8 Å². The van der Waals surface area contributed by atoms with Gasteiger partial charge in [0.2, 0.25) is 0 Å². The number of rotatable bonds is 4. The van der Waals surface area contributed by atoms with Gasteiger partial charge in [0.15, 0.2) is 0 Å². The molecule has 1 aromatic rings. The molecule has 0 aliphatic heterocycles. The van der Waals surface area contributed by atoms with Crippen LogP contribution in [0.5, 0.6) is 0 Å². The van der Waals surface area contributed by atoms with E-state index in [1.807, 2.05) is 19.0 Å². The number of halogens is 1. The summed E-state index contributed by atoms with van der Waals surface area (Å²) in [4.78, 5) is 2.05. The molecule has 3 heteroatoms. The predicted molar refractivity (Wildman–Crippen MR) is 94.6 cm³/mol. The Bertz CT molecular complexity index is 457. The smallest absolute Gasteiger partial charge is 0.0659 e. The van der Waals surface area contributed by atoms with E-state index in [9.17, 15) is 0 Å². The zero-order chi connectivity index (χ0) is 15.4. The highest BCUT2D eigenvalue weighted by Crippen LogP contribution is 2.32. The monoisotopic (exact) mass is 308 g/mol. The molecule has 1 aliphatic carbocycles. The van der Waals surface area contributed by atoms with Crippen molar-refractivity contribution in [3.8, 4) is 0 Å². The third kappa shape index (κ3) is 4.54. The largest absolute Gasteiger partial charge is 0.382 e. The van der Waals surface area contributed by atoms with Gasteiger partial charge in [0, 0.05) is 25.8 Å². The Hall–Kier alpha value is -0.890. The van der Waals surface area contributed by atoms with E-state index in [4.69, 9.17) is 11.6 Å². The van der Waals surface area contributed by atoms with Gasteiger partial charge in [-0.05, 0) is 49.3 Å². The fourth-order valence-corrected chi connectivity index (χ4v) is 3.69. The number of anilines is 2. The first-order chi connectivity index (χ1) is 9.97. The summed E-state index contributed by atoms with van der Waals surface area (Å²) >= 11 is 6.36. The predicted octanol–water partition coefficient (Wildman–Crippen LogP) is 5.42. The van der Waals surface area contributed by atoms with Crippen molar-refractivity contribution in [3.63, 3.8) is 0 Å². The topological polar surface area (TPSA) is 15.3 Å². The molecule has 2 atom stereocenters. The molecular weight excluding hydrogens is 280 g/mol. The Kier molecular flexibility index (Phi) is 5.80. The molecule has 2 nitrogen and oxygen atoms in total. The van der Waals surface area contributed by atoms with E-state index in [1.54, 1.807) is 0 Å². The number of nitrogens with zero attached hydrogens (tertiary/aromatic N) is 1. The van der Waals surface area contributed by atoms with Crippen LogP contribution in [0.4, 0.5) is 11.4 Å². The zero-order valence-corrected chi connectivity index (χ0v) is 14.6. The highest BCUT2D eigenvalue weighted by atomic mass is 35.5. The number of nitrogens with one attached hydrogen (secondary N) is 1. The maximum atomic E-state index is 6.36. The molecule has 0 heterocycles. The molecule has 0 aromatic heterocycles. The summed E-state index contributed by atoms with van der Waals surface area (Å²) in [6.07, 6.45) is 6.62. The molecule has 0 bridgehead atoms. The molecular formula is C18H29ClN2. The second-order valence-corrected chi connectivity index (χ2v) is 7.32. The van der Waals surface area contributed by atoms with Gasteiger partial charge in [-0.1, -0.05) is 38.3 Å². The van der Waals surface area contributed by atoms with Crippen molar-refractivity contribution >= 4 is 23.0 Å². The van der Waals surface area contributed by atoms with Crippen LogP contribution in [-0.4, -0.2) is 20.1 Å². The maximum Gasteiger partial charge on any atom is 0.0659 e. The zero-order valence-electron chi connectivity index (χ0n) is 13.8. The summed E-state index contributed by atoms with van der Waals surface area (Å²) in [7, 11) is 4.04. The van der Waals surface area contributed by atoms with Gasteiger partial charge in [-0.3, -0.25) is 0 Å². The van der Waals surface area contributed by atoms with Crippen LogP contribution in [-0.2, 0) is 0 Å². The highest BCUT2D eigenvalue weighted by molar-refractivity contribution is 6.33. The number of benzene rings is 1. The third-order valence-electron chi connectivity index (χ3n) is 4.76. The molecule has 1 aromatic carbocycles. The molecule has 0 radical (unpaired) electrons. The number of hydrogen-bond donors (Lipinski definition) is 1. The van der Waals surface area contributed by atoms with Gasteiger partial charge in [-0.25, -0.2) is 0 Å². The van der Waals surface area contributed by atoms with E-state index in [0.717, 1.165) is 28.2 Å². The molecule has 0 amide bonds. The first-order valence-electron chi connectivity index (χ1n) is 8.20. The lowest BCUT2D eigenvalue weighted by molar-refractivity contribution is 0.341. The normalized spacial score (nSPS) is 23.0. The lowest BCUT2D eigenvalue weighted by Gasteiger charge is -2.21. The molecule has 118 valence electrons. The molecule has 1 N–H and O–H groups in total. The van der Waals surface area contributed by atoms with Crippen molar-refractivity contribution in [2.24, 2.45) is 11.8 Å². The van der Waals surface area contributed by atoms with Crippen LogP contribution in [0.2, 0.25) is 5.02 Å². The van der Waals surface area contributed by atoms with Crippen LogP contribution in [0.3, 0.4) is 0 Å². The van der Waals surface area contributed by atoms with E-state index >= 15 is 0 Å². The van der Waals surface area contributed by atoms with E-state index in [1.165, 1.54) is 32.1 Å². The molecule has 1 saturated carbocycles. The van der Waals surface area contributed by atoms with Crippen molar-refractivity contribution in [1.82, 2.24) is 0 Å². The molecule has 1 fully saturated rings. The quantitative estimate of drug-likeness (QED) is 0.747. The summed E-state index contributed by atoms with van der Waals surface area (Å²) in [5, 5.41) is 4.50. The summed E-state index contributed by atoms with van der Waals surface area (Å²) in [6.45, 7) is 4.72. The van der Waals surface area contributed by atoms with E-state index < -0.39 is 0 Å². The Morgan fingerprint density at radius 1 is 1.14 bits per heavy atom. The van der Waals surface area contributed by atoms with Crippen molar-refractivity contribution < 1.29 is 0 Å². The average molecular weight is 309 g/mol. The van der Waals surface area contributed by atoms with Gasteiger partial charge >= 0.3 is 0 Å². The van der Waals surface area contributed by atoms with E-state index in [0.29, 0.717) is 6.04 Å². The standard InChI is InChI=1S/C18H29ClN2/c1-13(2)14-6-5-7-15(9-8-14)20-16-10-11-18(21(3)4)17(19)12-16/h10-15,20H,5-9H2,1-4H3. The minimum atomic E-state index is 0.593. The van der Waals surface area contributed by atoms with Gasteiger partial charge in [0.25, 0.3) is 0 Å². The van der Waals surface area contributed by atoms with E-state index in [2.05, 4.69) is 37.4 Å².